The van der Waals surface area contributed by atoms with Crippen LogP contribution < -0.4 is 0 Å². The number of para-hydroxylation sites is 1. The van der Waals surface area contributed by atoms with E-state index >= 15 is 0 Å². The van der Waals surface area contributed by atoms with Crippen molar-refractivity contribution >= 4 is 30.4 Å². The normalized spacial score (nSPS) is 14.9. The maximum absolute atomic E-state index is 9.10. The predicted octanol–water partition coefficient (Wildman–Crippen LogP) is 4.01. The molecule has 0 amide bonds. The minimum absolute atomic E-state index is 0.175. The van der Waals surface area contributed by atoms with E-state index in [0.717, 1.165) is 11.3 Å². The van der Waals surface area contributed by atoms with Gasteiger partial charge in [0.15, 0.2) is 0 Å². The lowest BCUT2D eigenvalue weighted by Gasteiger charge is -1.99. The van der Waals surface area contributed by atoms with Crippen LogP contribution in [0.25, 0.3) is 6.08 Å². The Morgan fingerprint density at radius 1 is 1.00 bits per heavy atom. The first-order valence-electron chi connectivity index (χ1n) is 7.27. The van der Waals surface area contributed by atoms with Crippen molar-refractivity contribution < 1.29 is 4.74 Å². The van der Waals surface area contributed by atoms with E-state index in [2.05, 4.69) is 21.0 Å². The molecule has 2 rings (SSSR count). The molecular weight excluding hydrogens is 300 g/mol. The van der Waals surface area contributed by atoms with Gasteiger partial charge in [0.1, 0.15) is 6.61 Å². The molecule has 5 nitrogen and oxygen atoms in total. The molecule has 1 aromatic rings. The van der Waals surface area contributed by atoms with Crippen molar-refractivity contribution in [2.24, 2.45) is 15.0 Å². The van der Waals surface area contributed by atoms with Crippen LogP contribution in [-0.2, 0) is 4.74 Å². The van der Waals surface area contributed by atoms with Crippen molar-refractivity contribution in [1.29, 1.82) is 5.26 Å². The molecule has 0 fully saturated rings. The van der Waals surface area contributed by atoms with Crippen LogP contribution in [0.5, 0.6) is 0 Å². The molecule has 0 bridgehead atoms. The first-order chi connectivity index (χ1) is 11.9. The fraction of sp³-hybridized carbons (Fsp3) is 0.0526. The molecule has 0 saturated carbocycles. The van der Waals surface area contributed by atoms with Gasteiger partial charge in [-0.3, -0.25) is 15.0 Å². The summed E-state index contributed by atoms with van der Waals surface area (Å²) in [7, 11) is 0. The number of fused-ring (bicyclic) bond motifs is 1. The van der Waals surface area contributed by atoms with Crippen LogP contribution in [0.4, 0.5) is 5.69 Å². The monoisotopic (exact) mass is 316 g/mol. The summed E-state index contributed by atoms with van der Waals surface area (Å²) in [6.45, 7) is 0.175. The number of benzene rings is 1. The second-order valence-electron chi connectivity index (χ2n) is 4.53. The zero-order valence-corrected chi connectivity index (χ0v) is 13.0. The highest BCUT2D eigenvalue weighted by Gasteiger charge is 1.96. The molecule has 1 aliphatic heterocycles. The second kappa shape index (κ2) is 10.2. The Balaban J connectivity index is 2.28. The van der Waals surface area contributed by atoms with Crippen molar-refractivity contribution in [2.75, 3.05) is 6.61 Å². The highest BCUT2D eigenvalue weighted by Crippen LogP contribution is 2.19. The molecule has 118 valence electrons. The summed E-state index contributed by atoms with van der Waals surface area (Å²) in [6, 6.07) is 9.79. The summed E-state index contributed by atoms with van der Waals surface area (Å²) in [5.41, 5.74) is 2.23. The zero-order valence-electron chi connectivity index (χ0n) is 13.0. The summed E-state index contributed by atoms with van der Waals surface area (Å²) in [5, 5.41) is 9.10. The van der Waals surface area contributed by atoms with Gasteiger partial charge < -0.3 is 4.74 Å². The lowest BCUT2D eigenvalue weighted by atomic mass is 10.1. The number of hydrogen-bond acceptors (Lipinski definition) is 5. The van der Waals surface area contributed by atoms with Gasteiger partial charge in [-0.1, -0.05) is 24.3 Å². The standard InChI is InChI=1S/C19H16N4O/c20-15-17-8-11-23-19-7-2-1-5-18(19)6-3-9-21-12-13-22-10-4-14-24-16-17/h1-14H,16H2. The first-order valence-corrected chi connectivity index (χ1v) is 7.27. The lowest BCUT2D eigenvalue weighted by molar-refractivity contribution is 0.284. The summed E-state index contributed by atoms with van der Waals surface area (Å²) in [6.07, 6.45) is 16.5. The van der Waals surface area contributed by atoms with Crippen molar-refractivity contribution in [1.82, 2.24) is 0 Å². The predicted molar refractivity (Wildman–Crippen MR) is 98.5 cm³/mol. The fourth-order valence-electron chi connectivity index (χ4n) is 1.72. The van der Waals surface area contributed by atoms with E-state index in [-0.39, 0.29) is 6.61 Å². The van der Waals surface area contributed by atoms with E-state index in [1.165, 1.54) is 6.26 Å². The van der Waals surface area contributed by atoms with Crippen LogP contribution in [-0.4, -0.2) is 25.3 Å². The number of ether oxygens (including phenoxy) is 1. The van der Waals surface area contributed by atoms with E-state index in [0.29, 0.717) is 5.57 Å². The molecule has 0 N–H and O–H groups in total. The average molecular weight is 316 g/mol. The molecule has 0 aromatic heterocycles. The zero-order chi connectivity index (χ0) is 16.9. The molecule has 24 heavy (non-hydrogen) atoms. The number of nitriles is 1. The number of hydrogen-bond donors (Lipinski definition) is 0. The average Bonchev–Trinajstić information content (AvgIpc) is 2.61. The van der Waals surface area contributed by atoms with Crippen molar-refractivity contribution in [3.05, 3.63) is 72.3 Å². The maximum atomic E-state index is 9.10. The minimum Gasteiger partial charge on any atom is -0.496 e. The number of aliphatic imine (C=N–C) groups is 3. The van der Waals surface area contributed by atoms with Crippen molar-refractivity contribution in [3.63, 3.8) is 0 Å². The molecule has 5 heteroatoms. The van der Waals surface area contributed by atoms with Crippen LogP contribution in [0.3, 0.4) is 0 Å². The van der Waals surface area contributed by atoms with E-state index in [4.69, 9.17) is 10.00 Å². The van der Waals surface area contributed by atoms with Gasteiger partial charge in [0.05, 0.1) is 23.6 Å². The van der Waals surface area contributed by atoms with E-state index in [1.807, 2.05) is 36.4 Å². The molecule has 0 aliphatic carbocycles. The fourth-order valence-corrected chi connectivity index (χ4v) is 1.72. The van der Waals surface area contributed by atoms with Crippen LogP contribution in [0.15, 0.2) is 81.7 Å². The highest BCUT2D eigenvalue weighted by molar-refractivity contribution is 5.83. The summed E-state index contributed by atoms with van der Waals surface area (Å²) >= 11 is 0. The Kier molecular flexibility index (Phi) is 7.19. The molecule has 0 spiro atoms. The van der Waals surface area contributed by atoms with Crippen LogP contribution in [0, 0.1) is 11.3 Å². The van der Waals surface area contributed by atoms with Crippen LogP contribution >= 0.6 is 0 Å². The molecule has 0 atom stereocenters. The Labute approximate surface area is 141 Å². The summed E-state index contributed by atoms with van der Waals surface area (Å²) in [5.74, 6) is 0. The van der Waals surface area contributed by atoms with Gasteiger partial charge in [-0.15, -0.1) is 0 Å². The molecule has 0 saturated heterocycles. The maximum Gasteiger partial charge on any atom is 0.122 e. The second-order valence-corrected chi connectivity index (χ2v) is 4.53. The van der Waals surface area contributed by atoms with Gasteiger partial charge in [0.2, 0.25) is 0 Å². The number of rotatable bonds is 0. The van der Waals surface area contributed by atoms with E-state index in [1.54, 1.807) is 43.2 Å². The molecule has 1 aromatic carbocycles. The van der Waals surface area contributed by atoms with Crippen molar-refractivity contribution in [2.45, 2.75) is 0 Å². The third-order valence-electron chi connectivity index (χ3n) is 2.84. The Morgan fingerprint density at radius 3 is 2.62 bits per heavy atom. The van der Waals surface area contributed by atoms with Gasteiger partial charge >= 0.3 is 0 Å². The van der Waals surface area contributed by atoms with Crippen LogP contribution in [0.1, 0.15) is 5.56 Å². The van der Waals surface area contributed by atoms with Crippen molar-refractivity contribution in [3.8, 4) is 6.07 Å². The Bertz CT molecular complexity index is 790. The summed E-state index contributed by atoms with van der Waals surface area (Å²) < 4.78 is 5.26. The molecule has 1 aliphatic rings. The number of allylic oxidation sites excluding steroid dienone is 3. The summed E-state index contributed by atoms with van der Waals surface area (Å²) in [4.78, 5) is 12.5. The van der Waals surface area contributed by atoms with E-state index < -0.39 is 0 Å². The smallest absolute Gasteiger partial charge is 0.122 e. The molecule has 1 heterocycles. The van der Waals surface area contributed by atoms with Gasteiger partial charge in [0.25, 0.3) is 0 Å². The van der Waals surface area contributed by atoms with Gasteiger partial charge in [-0.05, 0) is 24.3 Å². The largest absolute Gasteiger partial charge is 0.496 e. The topological polar surface area (TPSA) is 70.1 Å². The molecule has 0 radical (unpaired) electrons. The quantitative estimate of drug-likeness (QED) is 0.725. The third kappa shape index (κ3) is 6.08. The SMILES string of the molecule is N#CC1=CC=Nc2ccccc2C=CC=NC=CN=CC=COC1. The Morgan fingerprint density at radius 2 is 1.79 bits per heavy atom. The highest BCUT2D eigenvalue weighted by atomic mass is 16.5. The Hall–Kier alpha value is -3.52. The third-order valence-corrected chi connectivity index (χ3v) is 2.84. The van der Waals surface area contributed by atoms with Gasteiger partial charge in [-0.25, -0.2) is 0 Å². The minimum atomic E-state index is 0.175. The molecule has 0 unspecified atom stereocenters. The van der Waals surface area contributed by atoms with E-state index in [9.17, 15) is 0 Å². The van der Waals surface area contributed by atoms with Gasteiger partial charge in [-0.2, -0.15) is 5.26 Å². The number of nitrogens with zero attached hydrogens (tertiary/aromatic N) is 4. The lowest BCUT2D eigenvalue weighted by Crippen LogP contribution is -1.91. The molecular formula is C19H16N4O. The van der Waals surface area contributed by atoms with Crippen LogP contribution in [0.2, 0.25) is 0 Å². The van der Waals surface area contributed by atoms with Gasteiger partial charge in [0, 0.05) is 36.6 Å². The first kappa shape index (κ1) is 16.8.